The first kappa shape index (κ1) is 15.5. The Kier molecular flexibility index (Phi) is 4.86. The van der Waals surface area contributed by atoms with Crippen LogP contribution in [0.5, 0.6) is 0 Å². The van der Waals surface area contributed by atoms with Crippen molar-refractivity contribution in [3.63, 3.8) is 0 Å². The van der Waals surface area contributed by atoms with E-state index in [-0.39, 0.29) is 15.1 Å². The van der Waals surface area contributed by atoms with Crippen molar-refractivity contribution in [1.29, 1.82) is 0 Å². The molecule has 3 N–H and O–H groups in total. The van der Waals surface area contributed by atoms with E-state index in [9.17, 15) is 4.39 Å². The fraction of sp³-hybridized carbons (Fsp3) is 0. The van der Waals surface area contributed by atoms with Gasteiger partial charge in [0.1, 0.15) is 4.99 Å². The molecule has 2 aromatic rings. The zero-order valence-electron chi connectivity index (χ0n) is 9.88. The minimum atomic E-state index is -0.522. The molecule has 20 heavy (non-hydrogen) atoms. The van der Waals surface area contributed by atoms with Crippen molar-refractivity contribution in [1.82, 2.24) is 0 Å². The molecule has 0 spiro atoms. The molecular weight excluding hydrogens is 386 g/mol. The average molecular weight is 394 g/mol. The maximum Gasteiger partial charge on any atom is 0.161 e. The van der Waals surface area contributed by atoms with E-state index in [2.05, 4.69) is 21.2 Å². The fourth-order valence-electron chi connectivity index (χ4n) is 1.59. The summed E-state index contributed by atoms with van der Waals surface area (Å²) in [4.78, 5) is 0.109. The molecule has 2 aromatic carbocycles. The van der Waals surface area contributed by atoms with Crippen LogP contribution in [0.2, 0.25) is 10.0 Å². The van der Waals surface area contributed by atoms with Gasteiger partial charge in [0.15, 0.2) is 5.82 Å². The summed E-state index contributed by atoms with van der Waals surface area (Å²) in [5.41, 5.74) is 6.58. The smallest absolute Gasteiger partial charge is 0.161 e. The summed E-state index contributed by atoms with van der Waals surface area (Å²) in [7, 11) is 0. The van der Waals surface area contributed by atoms with Gasteiger partial charge in [-0.1, -0.05) is 41.5 Å². The Morgan fingerprint density at radius 3 is 2.35 bits per heavy atom. The lowest BCUT2D eigenvalue weighted by atomic mass is 10.2. The molecule has 0 saturated carbocycles. The van der Waals surface area contributed by atoms with Gasteiger partial charge < -0.3 is 11.1 Å². The van der Waals surface area contributed by atoms with Gasteiger partial charge in [0.2, 0.25) is 0 Å². The van der Waals surface area contributed by atoms with Crippen molar-refractivity contribution < 1.29 is 4.39 Å². The summed E-state index contributed by atoms with van der Waals surface area (Å²) in [6, 6.07) is 8.16. The largest absolute Gasteiger partial charge is 0.389 e. The maximum absolute atomic E-state index is 14.3. The number of anilines is 2. The molecule has 0 aromatic heterocycles. The number of halogens is 4. The highest BCUT2D eigenvalue weighted by molar-refractivity contribution is 9.10. The number of benzene rings is 2. The summed E-state index contributed by atoms with van der Waals surface area (Å²) in [5.74, 6) is -0.522. The number of rotatable bonds is 3. The van der Waals surface area contributed by atoms with Crippen LogP contribution >= 0.6 is 51.3 Å². The van der Waals surface area contributed by atoms with E-state index in [1.54, 1.807) is 24.3 Å². The lowest BCUT2D eigenvalue weighted by molar-refractivity contribution is 0.625. The van der Waals surface area contributed by atoms with Crippen LogP contribution in [0.4, 0.5) is 15.8 Å². The lowest BCUT2D eigenvalue weighted by Crippen LogP contribution is -2.11. The highest BCUT2D eigenvalue weighted by atomic mass is 79.9. The van der Waals surface area contributed by atoms with Gasteiger partial charge in [-0.3, -0.25) is 0 Å². The van der Waals surface area contributed by atoms with Gasteiger partial charge in [0.25, 0.3) is 0 Å². The van der Waals surface area contributed by atoms with Crippen LogP contribution in [-0.2, 0) is 0 Å². The van der Waals surface area contributed by atoms with Crippen molar-refractivity contribution in [3.8, 4) is 0 Å². The predicted molar refractivity (Wildman–Crippen MR) is 89.7 cm³/mol. The van der Waals surface area contributed by atoms with Crippen LogP contribution in [0, 0.1) is 5.82 Å². The molecule has 0 aliphatic rings. The lowest BCUT2D eigenvalue weighted by Gasteiger charge is -2.13. The fourth-order valence-corrected chi connectivity index (χ4v) is 2.94. The van der Waals surface area contributed by atoms with E-state index in [0.717, 1.165) is 0 Å². The predicted octanol–water partition coefficient (Wildman–Crippen LogP) is 5.27. The molecule has 0 unspecified atom stereocenters. The molecule has 0 saturated heterocycles. The third-order valence-electron chi connectivity index (χ3n) is 2.57. The van der Waals surface area contributed by atoms with Crippen LogP contribution < -0.4 is 11.1 Å². The average Bonchev–Trinajstić information content (AvgIpc) is 2.38. The number of nitrogens with two attached hydrogens (primary N) is 1. The van der Waals surface area contributed by atoms with Crippen LogP contribution in [0.1, 0.15) is 5.56 Å². The highest BCUT2D eigenvalue weighted by Gasteiger charge is 2.14. The van der Waals surface area contributed by atoms with Gasteiger partial charge >= 0.3 is 0 Å². The summed E-state index contributed by atoms with van der Waals surface area (Å²) in [6.45, 7) is 0. The number of nitrogens with one attached hydrogen (secondary N) is 1. The van der Waals surface area contributed by atoms with Crippen molar-refractivity contribution in [2.45, 2.75) is 0 Å². The standard InChI is InChI=1S/C13H8BrCl2FN2S/c14-10-6(13(18)20)4-5-9(11(10)17)19-12-7(15)2-1-3-8(12)16/h1-5,19H,(H2,18,20). The Bertz CT molecular complexity index is 674. The number of para-hydroxylation sites is 1. The Morgan fingerprint density at radius 1 is 1.20 bits per heavy atom. The molecular formula is C13H8BrCl2FN2S. The van der Waals surface area contributed by atoms with E-state index in [0.29, 0.717) is 21.3 Å². The minimum Gasteiger partial charge on any atom is -0.389 e. The Hall–Kier alpha value is -0.880. The molecule has 0 radical (unpaired) electrons. The van der Waals surface area contributed by atoms with E-state index < -0.39 is 5.82 Å². The summed E-state index contributed by atoms with van der Waals surface area (Å²) in [6.07, 6.45) is 0. The zero-order chi connectivity index (χ0) is 14.9. The monoisotopic (exact) mass is 392 g/mol. The third-order valence-corrected chi connectivity index (χ3v) is 4.20. The van der Waals surface area contributed by atoms with Gasteiger partial charge in [-0.25, -0.2) is 4.39 Å². The van der Waals surface area contributed by atoms with Crippen LogP contribution in [0.25, 0.3) is 0 Å². The normalized spacial score (nSPS) is 10.4. The number of hydrogen-bond acceptors (Lipinski definition) is 2. The minimum absolute atomic E-state index is 0.109. The molecule has 2 rings (SSSR count). The Morgan fingerprint density at radius 2 is 1.80 bits per heavy atom. The molecule has 0 heterocycles. The first-order valence-electron chi connectivity index (χ1n) is 5.40. The molecule has 2 nitrogen and oxygen atoms in total. The quantitative estimate of drug-likeness (QED) is 0.697. The van der Waals surface area contributed by atoms with Crippen LogP contribution in [-0.4, -0.2) is 4.99 Å². The van der Waals surface area contributed by atoms with Crippen LogP contribution in [0.3, 0.4) is 0 Å². The molecule has 0 amide bonds. The Labute approximate surface area is 139 Å². The van der Waals surface area contributed by atoms with Gasteiger partial charge in [-0.15, -0.1) is 0 Å². The molecule has 0 fully saturated rings. The molecule has 0 atom stereocenters. The second-order valence-electron chi connectivity index (χ2n) is 3.87. The summed E-state index contributed by atoms with van der Waals surface area (Å²) < 4.78 is 14.5. The summed E-state index contributed by atoms with van der Waals surface area (Å²) >= 11 is 20.0. The number of thiocarbonyl (C=S) groups is 1. The molecule has 0 aliphatic heterocycles. The third kappa shape index (κ3) is 3.06. The first-order valence-corrected chi connectivity index (χ1v) is 7.36. The van der Waals surface area contributed by atoms with Gasteiger partial charge in [-0.05, 0) is 40.2 Å². The topological polar surface area (TPSA) is 38.0 Å². The van der Waals surface area contributed by atoms with E-state index >= 15 is 0 Å². The molecule has 0 bridgehead atoms. The molecule has 0 aliphatic carbocycles. The van der Waals surface area contributed by atoms with E-state index in [1.165, 1.54) is 6.07 Å². The first-order chi connectivity index (χ1) is 9.41. The van der Waals surface area contributed by atoms with Gasteiger partial charge in [0.05, 0.1) is 25.9 Å². The van der Waals surface area contributed by atoms with Crippen molar-refractivity contribution >= 4 is 67.7 Å². The van der Waals surface area contributed by atoms with Gasteiger partial charge in [-0.2, -0.15) is 0 Å². The van der Waals surface area contributed by atoms with Gasteiger partial charge in [0, 0.05) is 5.56 Å². The SMILES string of the molecule is NC(=S)c1ccc(Nc2c(Cl)cccc2Cl)c(F)c1Br. The second kappa shape index (κ2) is 6.26. The summed E-state index contributed by atoms with van der Waals surface area (Å²) in [5, 5.41) is 3.65. The molecule has 104 valence electrons. The number of hydrogen-bond donors (Lipinski definition) is 2. The van der Waals surface area contributed by atoms with Crippen molar-refractivity contribution in [3.05, 3.63) is 56.2 Å². The second-order valence-corrected chi connectivity index (χ2v) is 5.92. The van der Waals surface area contributed by atoms with Crippen LogP contribution in [0.15, 0.2) is 34.8 Å². The highest BCUT2D eigenvalue weighted by Crippen LogP contribution is 2.35. The zero-order valence-corrected chi connectivity index (χ0v) is 13.8. The Balaban J connectivity index is 2.45. The molecule has 7 heteroatoms. The maximum atomic E-state index is 14.3. The van der Waals surface area contributed by atoms with Crippen molar-refractivity contribution in [2.75, 3.05) is 5.32 Å². The van der Waals surface area contributed by atoms with E-state index in [4.69, 9.17) is 41.2 Å². The van der Waals surface area contributed by atoms with E-state index in [1.807, 2.05) is 0 Å². The van der Waals surface area contributed by atoms with Crippen molar-refractivity contribution in [2.24, 2.45) is 5.73 Å².